The largest absolute Gasteiger partial charge is 0.457 e. The number of benzene rings is 2. The quantitative estimate of drug-likeness (QED) is 0.636. The number of hydrogen-bond donors (Lipinski definition) is 1. The van der Waals surface area contributed by atoms with Gasteiger partial charge >= 0.3 is 0 Å². The van der Waals surface area contributed by atoms with Gasteiger partial charge in [-0.15, -0.1) is 0 Å². The highest BCUT2D eigenvalue weighted by Gasteiger charge is 2.21. The SMILES string of the molecule is Cc1nc(N2CCCC2)nc(C)c1NS(=O)(=O)c1ccc(Oc2ccccc2)cc1. The Morgan fingerprint density at radius 3 is 2.03 bits per heavy atom. The highest BCUT2D eigenvalue weighted by molar-refractivity contribution is 7.92. The van der Waals surface area contributed by atoms with Crippen molar-refractivity contribution in [2.24, 2.45) is 0 Å². The molecular formula is C22H24N4O3S. The zero-order valence-electron chi connectivity index (χ0n) is 17.0. The van der Waals surface area contributed by atoms with Crippen LogP contribution < -0.4 is 14.4 Å². The van der Waals surface area contributed by atoms with Crippen molar-refractivity contribution in [2.45, 2.75) is 31.6 Å². The van der Waals surface area contributed by atoms with Crippen LogP contribution >= 0.6 is 0 Å². The molecule has 0 saturated carbocycles. The number of anilines is 2. The summed E-state index contributed by atoms with van der Waals surface area (Å²) in [5, 5.41) is 0. The molecule has 8 heteroatoms. The summed E-state index contributed by atoms with van der Waals surface area (Å²) in [7, 11) is -3.78. The Kier molecular flexibility index (Phi) is 5.59. The Morgan fingerprint density at radius 2 is 1.43 bits per heavy atom. The molecular weight excluding hydrogens is 400 g/mol. The molecule has 0 spiro atoms. The van der Waals surface area contributed by atoms with Gasteiger partial charge in [0.15, 0.2) is 0 Å². The van der Waals surface area contributed by atoms with Crippen molar-refractivity contribution < 1.29 is 13.2 Å². The third-order valence-electron chi connectivity index (χ3n) is 5.00. The molecule has 0 atom stereocenters. The summed E-state index contributed by atoms with van der Waals surface area (Å²) in [4.78, 5) is 11.3. The number of hydrogen-bond acceptors (Lipinski definition) is 6. The lowest BCUT2D eigenvalue weighted by Crippen LogP contribution is -2.22. The number of sulfonamides is 1. The van der Waals surface area contributed by atoms with Crippen LogP contribution in [0.3, 0.4) is 0 Å². The lowest BCUT2D eigenvalue weighted by atomic mass is 10.3. The Labute approximate surface area is 176 Å². The van der Waals surface area contributed by atoms with Crippen LogP contribution in [-0.4, -0.2) is 31.5 Å². The number of nitrogens with zero attached hydrogens (tertiary/aromatic N) is 3. The average molecular weight is 425 g/mol. The number of aromatic nitrogens is 2. The number of rotatable bonds is 6. The second-order valence-corrected chi connectivity index (χ2v) is 8.94. The van der Waals surface area contributed by atoms with E-state index < -0.39 is 10.0 Å². The van der Waals surface area contributed by atoms with Gasteiger partial charge in [-0.05, 0) is 63.1 Å². The van der Waals surface area contributed by atoms with Gasteiger partial charge < -0.3 is 9.64 Å². The second-order valence-electron chi connectivity index (χ2n) is 7.26. The summed E-state index contributed by atoms with van der Waals surface area (Å²) >= 11 is 0. The first-order chi connectivity index (χ1) is 14.4. The second kappa shape index (κ2) is 8.31. The van der Waals surface area contributed by atoms with E-state index in [2.05, 4.69) is 19.6 Å². The summed E-state index contributed by atoms with van der Waals surface area (Å²) in [6, 6.07) is 15.6. The maximum Gasteiger partial charge on any atom is 0.262 e. The van der Waals surface area contributed by atoms with Crippen molar-refractivity contribution in [2.75, 3.05) is 22.7 Å². The van der Waals surface area contributed by atoms with E-state index in [9.17, 15) is 8.42 Å². The smallest absolute Gasteiger partial charge is 0.262 e. The number of nitrogens with one attached hydrogen (secondary N) is 1. The fourth-order valence-electron chi connectivity index (χ4n) is 3.41. The first-order valence-corrected chi connectivity index (χ1v) is 11.4. The normalized spacial score (nSPS) is 14.0. The van der Waals surface area contributed by atoms with E-state index in [0.29, 0.717) is 34.5 Å². The highest BCUT2D eigenvalue weighted by atomic mass is 32.2. The summed E-state index contributed by atoms with van der Waals surface area (Å²) in [6.45, 7) is 5.45. The van der Waals surface area contributed by atoms with E-state index in [1.165, 1.54) is 12.1 Å². The lowest BCUT2D eigenvalue weighted by molar-refractivity contribution is 0.482. The van der Waals surface area contributed by atoms with Crippen LogP contribution in [0.15, 0.2) is 59.5 Å². The molecule has 156 valence electrons. The molecule has 4 rings (SSSR count). The molecule has 1 fully saturated rings. The summed E-state index contributed by atoms with van der Waals surface area (Å²) in [6.07, 6.45) is 2.25. The van der Waals surface area contributed by atoms with E-state index in [0.717, 1.165) is 25.9 Å². The molecule has 2 heterocycles. The van der Waals surface area contributed by atoms with Gasteiger partial charge in [-0.25, -0.2) is 18.4 Å². The van der Waals surface area contributed by atoms with Gasteiger partial charge in [0.2, 0.25) is 5.95 Å². The molecule has 1 N–H and O–H groups in total. The van der Waals surface area contributed by atoms with Crippen molar-refractivity contribution in [3.05, 3.63) is 66.0 Å². The maximum atomic E-state index is 12.9. The van der Waals surface area contributed by atoms with Gasteiger partial charge in [-0.3, -0.25) is 4.72 Å². The van der Waals surface area contributed by atoms with Crippen LogP contribution in [0.4, 0.5) is 11.6 Å². The molecule has 3 aromatic rings. The molecule has 1 aliphatic rings. The molecule has 0 aliphatic carbocycles. The maximum absolute atomic E-state index is 12.9. The van der Waals surface area contributed by atoms with Crippen molar-refractivity contribution in [1.29, 1.82) is 0 Å². The molecule has 1 saturated heterocycles. The molecule has 2 aromatic carbocycles. The van der Waals surface area contributed by atoms with E-state index in [4.69, 9.17) is 4.74 Å². The molecule has 0 radical (unpaired) electrons. The molecule has 0 unspecified atom stereocenters. The van der Waals surface area contributed by atoms with Crippen LogP contribution in [-0.2, 0) is 10.0 Å². The van der Waals surface area contributed by atoms with Gasteiger partial charge in [0.25, 0.3) is 10.0 Å². The minimum atomic E-state index is -3.78. The first kappa shape index (κ1) is 20.2. The van der Waals surface area contributed by atoms with Crippen LogP contribution in [0, 0.1) is 13.8 Å². The molecule has 7 nitrogen and oxygen atoms in total. The van der Waals surface area contributed by atoms with Crippen LogP contribution in [0.25, 0.3) is 0 Å². The van der Waals surface area contributed by atoms with Gasteiger partial charge in [-0.1, -0.05) is 18.2 Å². The third-order valence-corrected chi connectivity index (χ3v) is 6.36. The minimum Gasteiger partial charge on any atom is -0.457 e. The molecule has 30 heavy (non-hydrogen) atoms. The number of aryl methyl sites for hydroxylation is 2. The monoisotopic (exact) mass is 424 g/mol. The van der Waals surface area contributed by atoms with Crippen LogP contribution in [0.5, 0.6) is 11.5 Å². The van der Waals surface area contributed by atoms with E-state index >= 15 is 0 Å². The standard InChI is InChI=1S/C22H24N4O3S/c1-16-21(17(2)24-22(23-16)26-14-6-7-15-26)25-30(27,28)20-12-10-19(11-13-20)29-18-8-4-3-5-9-18/h3-5,8-13,25H,6-7,14-15H2,1-2H3. The van der Waals surface area contributed by atoms with Crippen molar-refractivity contribution in [1.82, 2.24) is 9.97 Å². The molecule has 1 aromatic heterocycles. The zero-order valence-corrected chi connectivity index (χ0v) is 17.8. The van der Waals surface area contributed by atoms with Gasteiger partial charge in [0.05, 0.1) is 22.0 Å². The Hall–Kier alpha value is -3.13. The molecule has 0 amide bonds. The fraction of sp³-hybridized carbons (Fsp3) is 0.273. The Morgan fingerprint density at radius 1 is 0.867 bits per heavy atom. The summed E-state index contributed by atoms with van der Waals surface area (Å²) < 4.78 is 34.2. The van der Waals surface area contributed by atoms with Crippen LogP contribution in [0.1, 0.15) is 24.2 Å². The predicted octanol–water partition coefficient (Wildman–Crippen LogP) is 4.29. The average Bonchev–Trinajstić information content (AvgIpc) is 3.27. The van der Waals surface area contributed by atoms with Gasteiger partial charge in [0.1, 0.15) is 11.5 Å². The topological polar surface area (TPSA) is 84.4 Å². The summed E-state index contributed by atoms with van der Waals surface area (Å²) in [5.74, 6) is 1.91. The lowest BCUT2D eigenvalue weighted by Gasteiger charge is -2.19. The predicted molar refractivity (Wildman–Crippen MR) is 117 cm³/mol. The zero-order chi connectivity index (χ0) is 21.1. The third kappa shape index (κ3) is 4.38. The summed E-state index contributed by atoms with van der Waals surface area (Å²) in [5.41, 5.74) is 1.64. The Balaban J connectivity index is 1.52. The van der Waals surface area contributed by atoms with Crippen LogP contribution in [0.2, 0.25) is 0 Å². The fourth-order valence-corrected chi connectivity index (χ4v) is 4.59. The van der Waals surface area contributed by atoms with Gasteiger partial charge in [-0.2, -0.15) is 0 Å². The molecule has 0 bridgehead atoms. The van der Waals surface area contributed by atoms with Crippen molar-refractivity contribution in [3.63, 3.8) is 0 Å². The molecule has 1 aliphatic heterocycles. The van der Waals surface area contributed by atoms with E-state index in [1.807, 2.05) is 30.3 Å². The van der Waals surface area contributed by atoms with Gasteiger partial charge in [0, 0.05) is 13.1 Å². The van der Waals surface area contributed by atoms with Crippen molar-refractivity contribution in [3.8, 4) is 11.5 Å². The first-order valence-electron chi connectivity index (χ1n) is 9.88. The van der Waals surface area contributed by atoms with E-state index in [1.54, 1.807) is 26.0 Å². The van der Waals surface area contributed by atoms with Crippen molar-refractivity contribution >= 4 is 21.7 Å². The number of ether oxygens (including phenoxy) is 1. The number of para-hydroxylation sites is 1. The highest BCUT2D eigenvalue weighted by Crippen LogP contribution is 2.27. The Bertz CT molecular complexity index is 1100. The van der Waals surface area contributed by atoms with E-state index in [-0.39, 0.29) is 4.90 Å². The minimum absolute atomic E-state index is 0.144.